The molecule has 0 spiro atoms. The molecule has 2 aromatic carbocycles. The fourth-order valence-corrected chi connectivity index (χ4v) is 3.17. The Morgan fingerprint density at radius 2 is 1.79 bits per heavy atom. The van der Waals surface area contributed by atoms with Gasteiger partial charge in [-0.25, -0.2) is 0 Å². The number of piperazine rings is 1. The molecule has 2 aromatic rings. The molecule has 1 atom stereocenters. The van der Waals surface area contributed by atoms with Gasteiger partial charge in [-0.15, -0.1) is 0 Å². The van der Waals surface area contributed by atoms with E-state index < -0.39 is 6.04 Å². The Labute approximate surface area is 142 Å². The smallest absolute Gasteiger partial charge is 0.254 e. The first-order valence-electron chi connectivity index (χ1n) is 8.23. The van der Waals surface area contributed by atoms with Crippen molar-refractivity contribution in [3.8, 4) is 0 Å². The van der Waals surface area contributed by atoms with Crippen LogP contribution in [0.3, 0.4) is 0 Å². The molecule has 1 heterocycles. The number of carbonyl (C=O) groups excluding carboxylic acids is 2. The molecular weight excluding hydrogens is 300 g/mol. The number of carbonyl (C=O) groups is 2. The summed E-state index contributed by atoms with van der Waals surface area (Å²) in [4.78, 5) is 29.1. The Hall–Kier alpha value is -2.62. The average molecular weight is 322 g/mol. The summed E-state index contributed by atoms with van der Waals surface area (Å²) < 4.78 is 0. The summed E-state index contributed by atoms with van der Waals surface area (Å²) in [6, 6.07) is 14.9. The quantitative estimate of drug-likeness (QED) is 0.852. The third-order valence-electron chi connectivity index (χ3n) is 4.61. The molecule has 124 valence electrons. The van der Waals surface area contributed by atoms with Crippen LogP contribution in [-0.4, -0.2) is 35.8 Å². The van der Waals surface area contributed by atoms with Gasteiger partial charge >= 0.3 is 0 Å². The molecule has 0 bridgehead atoms. The summed E-state index contributed by atoms with van der Waals surface area (Å²) in [6.07, 6.45) is 0. The van der Waals surface area contributed by atoms with Gasteiger partial charge in [0.05, 0.1) is 0 Å². The van der Waals surface area contributed by atoms with E-state index in [0.717, 1.165) is 16.8 Å². The van der Waals surface area contributed by atoms with E-state index in [9.17, 15) is 9.59 Å². The molecule has 0 N–H and O–H groups in total. The van der Waals surface area contributed by atoms with E-state index >= 15 is 0 Å². The van der Waals surface area contributed by atoms with Crippen molar-refractivity contribution < 1.29 is 9.59 Å². The molecule has 4 nitrogen and oxygen atoms in total. The molecule has 1 aliphatic heterocycles. The minimum Gasteiger partial charge on any atom is -0.325 e. The number of rotatable bonds is 2. The highest BCUT2D eigenvalue weighted by Gasteiger charge is 2.35. The summed E-state index contributed by atoms with van der Waals surface area (Å²) in [7, 11) is 0. The molecule has 0 aliphatic carbocycles. The molecule has 0 saturated carbocycles. The zero-order chi connectivity index (χ0) is 17.3. The number of hydrogen-bond acceptors (Lipinski definition) is 2. The van der Waals surface area contributed by atoms with E-state index in [1.165, 1.54) is 0 Å². The number of hydrogen-bond donors (Lipinski definition) is 0. The molecular formula is C20H22N2O2. The van der Waals surface area contributed by atoms with E-state index in [0.29, 0.717) is 18.7 Å². The summed E-state index contributed by atoms with van der Waals surface area (Å²) >= 11 is 0. The largest absolute Gasteiger partial charge is 0.325 e. The van der Waals surface area contributed by atoms with Crippen molar-refractivity contribution in [2.45, 2.75) is 26.8 Å². The van der Waals surface area contributed by atoms with Gasteiger partial charge in [-0.3, -0.25) is 9.59 Å². The molecule has 3 rings (SSSR count). The predicted molar refractivity (Wildman–Crippen MR) is 95.2 cm³/mol. The second-order valence-corrected chi connectivity index (χ2v) is 6.32. The van der Waals surface area contributed by atoms with Crippen molar-refractivity contribution in [1.82, 2.24) is 4.90 Å². The van der Waals surface area contributed by atoms with Crippen LogP contribution in [0, 0.1) is 13.8 Å². The van der Waals surface area contributed by atoms with Gasteiger partial charge in [0.15, 0.2) is 0 Å². The standard InChI is InChI=1S/C20H22N2O2/c1-14-7-6-9-17(13-14)22-12-11-21(16(3)19(22)23)20(24)18-10-5-4-8-15(18)2/h4-10,13,16H,11-12H2,1-3H3/t16-/m0/s1. The third-order valence-corrected chi connectivity index (χ3v) is 4.61. The predicted octanol–water partition coefficient (Wildman–Crippen LogP) is 3.18. The van der Waals surface area contributed by atoms with Crippen LogP contribution in [0.5, 0.6) is 0 Å². The molecule has 0 aromatic heterocycles. The van der Waals surface area contributed by atoms with Gasteiger partial charge in [0.1, 0.15) is 6.04 Å². The van der Waals surface area contributed by atoms with Crippen LogP contribution >= 0.6 is 0 Å². The second-order valence-electron chi connectivity index (χ2n) is 6.32. The van der Waals surface area contributed by atoms with Gasteiger partial charge in [-0.2, -0.15) is 0 Å². The molecule has 0 unspecified atom stereocenters. The van der Waals surface area contributed by atoms with Gasteiger partial charge in [0.25, 0.3) is 5.91 Å². The highest BCUT2D eigenvalue weighted by molar-refractivity contribution is 6.03. The highest BCUT2D eigenvalue weighted by Crippen LogP contribution is 2.23. The summed E-state index contributed by atoms with van der Waals surface area (Å²) in [6.45, 7) is 6.79. The van der Waals surface area contributed by atoms with Gasteiger partial charge in [0, 0.05) is 24.3 Å². The molecule has 24 heavy (non-hydrogen) atoms. The SMILES string of the molecule is Cc1cccc(N2CCN(C(=O)c3ccccc3C)[C@@H](C)C2=O)c1. The van der Waals surface area contributed by atoms with Crippen LogP contribution in [0.1, 0.15) is 28.4 Å². The number of aryl methyl sites for hydroxylation is 2. The van der Waals surface area contributed by atoms with E-state index in [4.69, 9.17) is 0 Å². The van der Waals surface area contributed by atoms with Gasteiger partial charge in [-0.1, -0.05) is 30.3 Å². The minimum absolute atomic E-state index is 0.0335. The fraction of sp³-hybridized carbons (Fsp3) is 0.300. The normalized spacial score (nSPS) is 18.0. The zero-order valence-corrected chi connectivity index (χ0v) is 14.3. The molecule has 1 saturated heterocycles. The second kappa shape index (κ2) is 6.48. The molecule has 1 fully saturated rings. The van der Waals surface area contributed by atoms with Crippen LogP contribution in [0.15, 0.2) is 48.5 Å². The van der Waals surface area contributed by atoms with Gasteiger partial charge in [-0.05, 0) is 50.1 Å². The number of benzene rings is 2. The fourth-order valence-electron chi connectivity index (χ4n) is 3.17. The molecule has 2 amide bonds. The van der Waals surface area contributed by atoms with Crippen molar-refractivity contribution in [3.63, 3.8) is 0 Å². The van der Waals surface area contributed by atoms with Crippen molar-refractivity contribution in [3.05, 3.63) is 65.2 Å². The lowest BCUT2D eigenvalue weighted by Gasteiger charge is -2.39. The van der Waals surface area contributed by atoms with Crippen molar-refractivity contribution in [2.24, 2.45) is 0 Å². The lowest BCUT2D eigenvalue weighted by Crippen LogP contribution is -2.57. The van der Waals surface area contributed by atoms with Crippen LogP contribution in [0.4, 0.5) is 5.69 Å². The lowest BCUT2D eigenvalue weighted by atomic mass is 10.0. The number of amides is 2. The first-order chi connectivity index (χ1) is 11.5. The maximum Gasteiger partial charge on any atom is 0.254 e. The Kier molecular flexibility index (Phi) is 4.38. The molecule has 1 aliphatic rings. The van der Waals surface area contributed by atoms with Crippen LogP contribution in [0.25, 0.3) is 0 Å². The summed E-state index contributed by atoms with van der Waals surface area (Å²) in [5.74, 6) is -0.105. The Balaban J connectivity index is 1.83. The van der Waals surface area contributed by atoms with E-state index in [2.05, 4.69) is 0 Å². The van der Waals surface area contributed by atoms with Crippen LogP contribution in [-0.2, 0) is 4.79 Å². The number of anilines is 1. The first kappa shape index (κ1) is 16.2. The lowest BCUT2D eigenvalue weighted by molar-refractivity contribution is -0.124. The topological polar surface area (TPSA) is 40.6 Å². The molecule has 0 radical (unpaired) electrons. The summed E-state index contributed by atoms with van der Waals surface area (Å²) in [5, 5.41) is 0. The van der Waals surface area contributed by atoms with Crippen molar-refractivity contribution >= 4 is 17.5 Å². The van der Waals surface area contributed by atoms with E-state index in [1.54, 1.807) is 16.7 Å². The zero-order valence-electron chi connectivity index (χ0n) is 14.3. The Morgan fingerprint density at radius 1 is 1.04 bits per heavy atom. The number of nitrogens with zero attached hydrogens (tertiary/aromatic N) is 2. The van der Waals surface area contributed by atoms with Crippen molar-refractivity contribution in [1.29, 1.82) is 0 Å². The van der Waals surface area contributed by atoms with E-state index in [-0.39, 0.29) is 11.8 Å². The Morgan fingerprint density at radius 3 is 2.50 bits per heavy atom. The average Bonchev–Trinajstić information content (AvgIpc) is 2.57. The van der Waals surface area contributed by atoms with Crippen LogP contribution < -0.4 is 4.90 Å². The van der Waals surface area contributed by atoms with Gasteiger partial charge < -0.3 is 9.80 Å². The highest BCUT2D eigenvalue weighted by atomic mass is 16.2. The maximum absolute atomic E-state index is 12.8. The van der Waals surface area contributed by atoms with Crippen molar-refractivity contribution in [2.75, 3.05) is 18.0 Å². The maximum atomic E-state index is 12.8. The van der Waals surface area contributed by atoms with Crippen LogP contribution in [0.2, 0.25) is 0 Å². The Bertz CT molecular complexity index is 785. The van der Waals surface area contributed by atoms with Gasteiger partial charge in [0.2, 0.25) is 5.91 Å². The molecule has 4 heteroatoms. The third kappa shape index (κ3) is 2.92. The summed E-state index contributed by atoms with van der Waals surface area (Å²) in [5.41, 5.74) is 3.62. The van der Waals surface area contributed by atoms with E-state index in [1.807, 2.05) is 62.4 Å². The monoisotopic (exact) mass is 322 g/mol. The first-order valence-corrected chi connectivity index (χ1v) is 8.23. The minimum atomic E-state index is -0.466.